The quantitative estimate of drug-likeness (QED) is 0.669. The average molecular weight is 281 g/mol. The van der Waals surface area contributed by atoms with Gasteiger partial charge in [0.1, 0.15) is 11.5 Å². The van der Waals surface area contributed by atoms with Crippen LogP contribution in [-0.4, -0.2) is 34.0 Å². The van der Waals surface area contributed by atoms with Crippen LogP contribution in [0.4, 0.5) is 0 Å². The summed E-state index contributed by atoms with van der Waals surface area (Å²) in [5.41, 5.74) is 1.14. The van der Waals surface area contributed by atoms with Gasteiger partial charge in [0, 0.05) is 31.8 Å². The average Bonchev–Trinajstić information content (AvgIpc) is 2.44. The maximum atomic E-state index is 5.90. The van der Waals surface area contributed by atoms with Crippen LogP contribution in [0.1, 0.15) is 25.8 Å². The predicted octanol–water partition coefficient (Wildman–Crippen LogP) is 2.86. The summed E-state index contributed by atoms with van der Waals surface area (Å²) in [6.07, 6.45) is 1.05. The molecule has 114 valence electrons. The fraction of sp³-hybridized carbons (Fsp3) is 0.625. The molecule has 1 aromatic rings. The first-order chi connectivity index (χ1) is 9.67. The Labute approximate surface area is 122 Å². The first-order valence-corrected chi connectivity index (χ1v) is 7.16. The molecule has 0 saturated heterocycles. The van der Waals surface area contributed by atoms with Gasteiger partial charge in [0.15, 0.2) is 0 Å². The molecule has 4 nitrogen and oxygen atoms in total. The smallest absolute Gasteiger partial charge is 0.127 e. The van der Waals surface area contributed by atoms with Crippen LogP contribution in [0.15, 0.2) is 18.2 Å². The molecule has 0 atom stereocenters. The molecule has 4 heteroatoms. The maximum absolute atomic E-state index is 5.90. The molecule has 0 saturated carbocycles. The van der Waals surface area contributed by atoms with Gasteiger partial charge in [-0.2, -0.15) is 0 Å². The van der Waals surface area contributed by atoms with Gasteiger partial charge in [-0.3, -0.25) is 0 Å². The minimum atomic E-state index is 0.642. The van der Waals surface area contributed by atoms with Crippen molar-refractivity contribution < 1.29 is 14.2 Å². The summed E-state index contributed by atoms with van der Waals surface area (Å²) < 4.78 is 16.2. The van der Waals surface area contributed by atoms with E-state index in [4.69, 9.17) is 14.2 Å². The summed E-state index contributed by atoms with van der Waals surface area (Å²) in [7, 11) is 3.37. The highest BCUT2D eigenvalue weighted by atomic mass is 16.5. The first kappa shape index (κ1) is 16.8. The Morgan fingerprint density at radius 2 is 1.95 bits per heavy atom. The van der Waals surface area contributed by atoms with E-state index in [9.17, 15) is 0 Å². The largest absolute Gasteiger partial charge is 0.497 e. The van der Waals surface area contributed by atoms with Gasteiger partial charge in [-0.1, -0.05) is 19.9 Å². The van der Waals surface area contributed by atoms with Gasteiger partial charge in [0.05, 0.1) is 20.3 Å². The van der Waals surface area contributed by atoms with Crippen LogP contribution in [0.3, 0.4) is 0 Å². The number of hydrogen-bond acceptors (Lipinski definition) is 4. The van der Waals surface area contributed by atoms with E-state index in [1.165, 1.54) is 0 Å². The zero-order valence-corrected chi connectivity index (χ0v) is 13.1. The Kier molecular flexibility index (Phi) is 8.07. The number of rotatable bonds is 10. The molecule has 1 aromatic carbocycles. The summed E-state index contributed by atoms with van der Waals surface area (Å²) >= 11 is 0. The molecule has 0 unspecified atom stereocenters. The molecule has 20 heavy (non-hydrogen) atoms. The van der Waals surface area contributed by atoms with E-state index in [0.717, 1.165) is 43.2 Å². The van der Waals surface area contributed by atoms with Crippen molar-refractivity contribution in [2.45, 2.75) is 26.8 Å². The second-order valence-corrected chi connectivity index (χ2v) is 5.17. The Morgan fingerprint density at radius 1 is 1.15 bits per heavy atom. The van der Waals surface area contributed by atoms with Gasteiger partial charge in [0.2, 0.25) is 0 Å². The van der Waals surface area contributed by atoms with Crippen molar-refractivity contribution in [3.63, 3.8) is 0 Å². The molecular weight excluding hydrogens is 254 g/mol. The predicted molar refractivity (Wildman–Crippen MR) is 81.5 cm³/mol. The second kappa shape index (κ2) is 9.61. The number of methoxy groups -OCH3 is 2. The monoisotopic (exact) mass is 281 g/mol. The number of hydrogen-bond donors (Lipinski definition) is 1. The zero-order valence-electron chi connectivity index (χ0n) is 13.1. The molecule has 0 fully saturated rings. The standard InChI is InChI=1S/C16H27NO3/c1-13(2)7-9-20-16-11-15(19-4)6-5-14(16)12-17-8-10-18-3/h5-6,11,13,17H,7-10,12H2,1-4H3. The third-order valence-electron chi connectivity index (χ3n) is 3.03. The number of ether oxygens (including phenoxy) is 3. The highest BCUT2D eigenvalue weighted by Gasteiger charge is 2.06. The van der Waals surface area contributed by atoms with E-state index in [1.807, 2.05) is 18.2 Å². The molecule has 0 amide bonds. The maximum Gasteiger partial charge on any atom is 0.127 e. The molecule has 1 N–H and O–H groups in total. The topological polar surface area (TPSA) is 39.7 Å². The third-order valence-corrected chi connectivity index (χ3v) is 3.03. The van der Waals surface area contributed by atoms with Crippen LogP contribution in [-0.2, 0) is 11.3 Å². The van der Waals surface area contributed by atoms with Gasteiger partial charge >= 0.3 is 0 Å². The Hall–Kier alpha value is -1.26. The molecule has 0 radical (unpaired) electrons. The van der Waals surface area contributed by atoms with Crippen molar-refractivity contribution >= 4 is 0 Å². The lowest BCUT2D eigenvalue weighted by Crippen LogP contribution is -2.19. The van der Waals surface area contributed by atoms with Crippen molar-refractivity contribution in [3.8, 4) is 11.5 Å². The van der Waals surface area contributed by atoms with E-state index in [2.05, 4.69) is 19.2 Å². The fourth-order valence-electron chi connectivity index (χ4n) is 1.74. The van der Waals surface area contributed by atoms with Gasteiger partial charge in [-0.05, 0) is 18.4 Å². The van der Waals surface area contributed by atoms with Crippen molar-refractivity contribution in [1.29, 1.82) is 0 Å². The van der Waals surface area contributed by atoms with E-state index >= 15 is 0 Å². The molecule has 0 aromatic heterocycles. The Balaban J connectivity index is 2.60. The second-order valence-electron chi connectivity index (χ2n) is 5.17. The normalized spacial score (nSPS) is 10.8. The fourth-order valence-corrected chi connectivity index (χ4v) is 1.74. The van der Waals surface area contributed by atoms with Crippen LogP contribution in [0.5, 0.6) is 11.5 Å². The molecule has 0 bridgehead atoms. The lowest BCUT2D eigenvalue weighted by Gasteiger charge is -2.14. The minimum absolute atomic E-state index is 0.642. The van der Waals surface area contributed by atoms with Gasteiger partial charge in [-0.15, -0.1) is 0 Å². The van der Waals surface area contributed by atoms with Crippen molar-refractivity contribution in [2.24, 2.45) is 5.92 Å². The highest BCUT2D eigenvalue weighted by molar-refractivity contribution is 5.40. The Bertz CT molecular complexity index is 380. The first-order valence-electron chi connectivity index (χ1n) is 7.16. The SMILES string of the molecule is COCCNCc1ccc(OC)cc1OCCC(C)C. The summed E-state index contributed by atoms with van der Waals surface area (Å²) in [5, 5.41) is 3.33. The van der Waals surface area contributed by atoms with E-state index in [0.29, 0.717) is 12.5 Å². The van der Waals surface area contributed by atoms with E-state index < -0.39 is 0 Å². The van der Waals surface area contributed by atoms with Crippen LogP contribution < -0.4 is 14.8 Å². The summed E-state index contributed by atoms with van der Waals surface area (Å²) in [6, 6.07) is 5.96. The van der Waals surface area contributed by atoms with Crippen LogP contribution in [0.25, 0.3) is 0 Å². The molecular formula is C16H27NO3. The molecule has 0 aliphatic heterocycles. The summed E-state index contributed by atoms with van der Waals surface area (Å²) in [4.78, 5) is 0. The van der Waals surface area contributed by atoms with Crippen molar-refractivity contribution in [3.05, 3.63) is 23.8 Å². The van der Waals surface area contributed by atoms with E-state index in [-0.39, 0.29) is 0 Å². The third kappa shape index (κ3) is 6.26. The number of benzene rings is 1. The molecule has 1 rings (SSSR count). The van der Waals surface area contributed by atoms with Crippen LogP contribution in [0.2, 0.25) is 0 Å². The summed E-state index contributed by atoms with van der Waals surface area (Å²) in [5.74, 6) is 2.36. The van der Waals surface area contributed by atoms with Crippen molar-refractivity contribution in [2.75, 3.05) is 34.0 Å². The van der Waals surface area contributed by atoms with Gasteiger partial charge in [-0.25, -0.2) is 0 Å². The van der Waals surface area contributed by atoms with E-state index in [1.54, 1.807) is 14.2 Å². The van der Waals surface area contributed by atoms with Crippen molar-refractivity contribution in [1.82, 2.24) is 5.32 Å². The van der Waals surface area contributed by atoms with Crippen LogP contribution >= 0.6 is 0 Å². The molecule has 0 aliphatic carbocycles. The highest BCUT2D eigenvalue weighted by Crippen LogP contribution is 2.25. The minimum Gasteiger partial charge on any atom is -0.497 e. The lowest BCUT2D eigenvalue weighted by atomic mass is 10.1. The molecule has 0 spiro atoms. The van der Waals surface area contributed by atoms with Crippen LogP contribution in [0, 0.1) is 5.92 Å². The van der Waals surface area contributed by atoms with Gasteiger partial charge in [0.25, 0.3) is 0 Å². The zero-order chi connectivity index (χ0) is 14.8. The number of nitrogens with one attached hydrogen (secondary N) is 1. The molecule has 0 heterocycles. The lowest BCUT2D eigenvalue weighted by molar-refractivity contribution is 0.199. The summed E-state index contributed by atoms with van der Waals surface area (Å²) in [6.45, 7) is 7.43. The molecule has 0 aliphatic rings. The van der Waals surface area contributed by atoms with Gasteiger partial charge < -0.3 is 19.5 Å². The Morgan fingerprint density at radius 3 is 2.60 bits per heavy atom.